The molecule has 1 aliphatic carbocycles. The molecule has 1 amide bonds. The van der Waals surface area contributed by atoms with Crippen LogP contribution < -0.4 is 11.1 Å². The van der Waals surface area contributed by atoms with Crippen LogP contribution in [0.3, 0.4) is 0 Å². The summed E-state index contributed by atoms with van der Waals surface area (Å²) in [5, 5.41) is 7.53. The topological polar surface area (TPSA) is 82.2 Å². The quantitative estimate of drug-likeness (QED) is 0.856. The maximum atomic E-state index is 12.8. The van der Waals surface area contributed by atoms with E-state index in [1.165, 1.54) is 0 Å². The highest BCUT2D eigenvalue weighted by Crippen LogP contribution is 2.50. The van der Waals surface area contributed by atoms with Gasteiger partial charge in [-0.25, -0.2) is 4.68 Å². The SMILES string of the molecule is CCOC1CC(N)(C(=O)Nc2ccc(-n3cccn3)c(Cl)c2)C1(C)C. The number of hydrogen-bond donors (Lipinski definition) is 2. The molecule has 0 bridgehead atoms. The number of ether oxygens (including phenoxy) is 1. The summed E-state index contributed by atoms with van der Waals surface area (Å²) >= 11 is 6.32. The number of carbonyl (C=O) groups excluding carboxylic acids is 1. The van der Waals surface area contributed by atoms with Gasteiger partial charge in [-0.15, -0.1) is 0 Å². The summed E-state index contributed by atoms with van der Waals surface area (Å²) in [6.07, 6.45) is 3.97. The number of rotatable bonds is 5. The summed E-state index contributed by atoms with van der Waals surface area (Å²) in [4.78, 5) is 12.8. The molecule has 1 aromatic carbocycles. The van der Waals surface area contributed by atoms with Crippen LogP contribution in [0.15, 0.2) is 36.7 Å². The molecule has 25 heavy (non-hydrogen) atoms. The molecule has 3 N–H and O–H groups in total. The fourth-order valence-electron chi connectivity index (χ4n) is 3.24. The lowest BCUT2D eigenvalue weighted by Gasteiger charge is -2.57. The van der Waals surface area contributed by atoms with E-state index >= 15 is 0 Å². The fourth-order valence-corrected chi connectivity index (χ4v) is 3.51. The number of carbonyl (C=O) groups is 1. The zero-order valence-corrected chi connectivity index (χ0v) is 15.4. The number of benzene rings is 1. The minimum atomic E-state index is -0.972. The molecular formula is C18H23ClN4O2. The molecule has 7 heteroatoms. The first kappa shape index (κ1) is 17.9. The molecule has 0 spiro atoms. The molecule has 2 atom stereocenters. The Morgan fingerprint density at radius 1 is 1.52 bits per heavy atom. The van der Waals surface area contributed by atoms with Gasteiger partial charge in [-0.1, -0.05) is 25.4 Å². The first-order valence-electron chi connectivity index (χ1n) is 8.31. The maximum Gasteiger partial charge on any atom is 0.245 e. The first-order chi connectivity index (χ1) is 11.8. The van der Waals surface area contributed by atoms with E-state index in [1.54, 1.807) is 29.2 Å². The molecule has 2 aromatic rings. The van der Waals surface area contributed by atoms with Gasteiger partial charge in [-0.05, 0) is 31.2 Å². The number of nitrogens with zero attached hydrogens (tertiary/aromatic N) is 2. The monoisotopic (exact) mass is 362 g/mol. The number of hydrogen-bond acceptors (Lipinski definition) is 4. The van der Waals surface area contributed by atoms with Gasteiger partial charge in [0.25, 0.3) is 0 Å². The van der Waals surface area contributed by atoms with Crippen LogP contribution in [0, 0.1) is 5.41 Å². The average molecular weight is 363 g/mol. The maximum absolute atomic E-state index is 12.8. The van der Waals surface area contributed by atoms with Gasteiger partial charge in [0.05, 0.1) is 16.8 Å². The highest BCUT2D eigenvalue weighted by atomic mass is 35.5. The molecular weight excluding hydrogens is 340 g/mol. The Balaban J connectivity index is 1.75. The van der Waals surface area contributed by atoms with Crippen LogP contribution in [0.1, 0.15) is 27.2 Å². The molecule has 1 fully saturated rings. The predicted octanol–water partition coefficient (Wildman–Crippen LogP) is 3.00. The van der Waals surface area contributed by atoms with Crippen LogP contribution in [-0.4, -0.2) is 33.9 Å². The van der Waals surface area contributed by atoms with E-state index in [-0.39, 0.29) is 12.0 Å². The minimum Gasteiger partial charge on any atom is -0.378 e. The summed E-state index contributed by atoms with van der Waals surface area (Å²) in [6, 6.07) is 7.11. The molecule has 0 radical (unpaired) electrons. The van der Waals surface area contributed by atoms with Gasteiger partial charge < -0.3 is 15.8 Å². The fraction of sp³-hybridized carbons (Fsp3) is 0.444. The van der Waals surface area contributed by atoms with Crippen LogP contribution in [0.25, 0.3) is 5.69 Å². The number of nitrogens with one attached hydrogen (secondary N) is 1. The van der Waals surface area contributed by atoms with E-state index in [1.807, 2.05) is 32.9 Å². The van der Waals surface area contributed by atoms with Crippen LogP contribution >= 0.6 is 11.6 Å². The third kappa shape index (κ3) is 2.94. The lowest BCUT2D eigenvalue weighted by Crippen LogP contribution is -2.74. The van der Waals surface area contributed by atoms with E-state index in [9.17, 15) is 4.79 Å². The Bertz CT molecular complexity index is 775. The zero-order valence-electron chi connectivity index (χ0n) is 14.6. The van der Waals surface area contributed by atoms with E-state index < -0.39 is 11.0 Å². The first-order valence-corrected chi connectivity index (χ1v) is 8.69. The second-order valence-corrected chi connectivity index (χ2v) is 7.32. The molecule has 134 valence electrons. The Morgan fingerprint density at radius 3 is 2.84 bits per heavy atom. The minimum absolute atomic E-state index is 0.0148. The van der Waals surface area contributed by atoms with Crippen molar-refractivity contribution >= 4 is 23.2 Å². The molecule has 2 unspecified atom stereocenters. The van der Waals surface area contributed by atoms with Crippen molar-refractivity contribution < 1.29 is 9.53 Å². The Morgan fingerprint density at radius 2 is 2.28 bits per heavy atom. The van der Waals surface area contributed by atoms with Crippen molar-refractivity contribution in [3.8, 4) is 5.69 Å². The molecule has 0 aliphatic heterocycles. The Kier molecular flexibility index (Phi) is 4.62. The van der Waals surface area contributed by atoms with Crippen molar-refractivity contribution in [2.75, 3.05) is 11.9 Å². The molecule has 1 saturated carbocycles. The van der Waals surface area contributed by atoms with Crippen molar-refractivity contribution in [3.63, 3.8) is 0 Å². The van der Waals surface area contributed by atoms with Crippen molar-refractivity contribution in [2.24, 2.45) is 11.1 Å². The van der Waals surface area contributed by atoms with E-state index in [4.69, 9.17) is 22.1 Å². The number of halogens is 1. The molecule has 3 rings (SSSR count). The van der Waals surface area contributed by atoms with Gasteiger partial charge in [0.2, 0.25) is 5.91 Å². The van der Waals surface area contributed by atoms with Crippen molar-refractivity contribution in [1.29, 1.82) is 0 Å². The number of nitrogens with two attached hydrogens (primary N) is 1. The van der Waals surface area contributed by atoms with E-state index in [0.717, 1.165) is 5.69 Å². The van der Waals surface area contributed by atoms with Gasteiger partial charge in [0.1, 0.15) is 5.54 Å². The standard InChI is InChI=1S/C18H23ClN4O2/c1-4-25-15-11-18(20,17(15,2)3)16(24)22-12-6-7-14(13(19)10-12)23-9-5-8-21-23/h5-10,15H,4,11,20H2,1-3H3,(H,22,24). The summed E-state index contributed by atoms with van der Waals surface area (Å²) in [5.41, 5.74) is 6.33. The van der Waals surface area contributed by atoms with Gasteiger partial charge in [-0.2, -0.15) is 5.10 Å². The highest BCUT2D eigenvalue weighted by molar-refractivity contribution is 6.32. The van der Waals surface area contributed by atoms with E-state index in [0.29, 0.717) is 23.7 Å². The molecule has 1 aromatic heterocycles. The van der Waals surface area contributed by atoms with Gasteiger partial charge in [0.15, 0.2) is 0 Å². The Labute approximate surface area is 152 Å². The van der Waals surface area contributed by atoms with E-state index in [2.05, 4.69) is 10.4 Å². The smallest absolute Gasteiger partial charge is 0.245 e. The third-order valence-corrected chi connectivity index (χ3v) is 5.49. The molecule has 1 heterocycles. The van der Waals surface area contributed by atoms with Crippen LogP contribution in [-0.2, 0) is 9.53 Å². The van der Waals surface area contributed by atoms with Gasteiger partial charge in [-0.3, -0.25) is 4.79 Å². The molecule has 6 nitrogen and oxygen atoms in total. The molecule has 1 aliphatic rings. The number of amides is 1. The average Bonchev–Trinajstić information content (AvgIpc) is 3.08. The van der Waals surface area contributed by atoms with Crippen LogP contribution in [0.5, 0.6) is 0 Å². The Hall–Kier alpha value is -1.89. The summed E-state index contributed by atoms with van der Waals surface area (Å²) in [6.45, 7) is 6.47. The summed E-state index contributed by atoms with van der Waals surface area (Å²) in [7, 11) is 0. The van der Waals surface area contributed by atoms with Crippen LogP contribution in [0.4, 0.5) is 5.69 Å². The lowest BCUT2D eigenvalue weighted by molar-refractivity contribution is -0.166. The van der Waals surface area contributed by atoms with Crippen molar-refractivity contribution in [2.45, 2.75) is 38.8 Å². The normalized spacial score (nSPS) is 24.6. The molecule has 0 saturated heterocycles. The van der Waals surface area contributed by atoms with Crippen molar-refractivity contribution in [3.05, 3.63) is 41.7 Å². The summed E-state index contributed by atoms with van der Waals surface area (Å²) in [5.74, 6) is -0.226. The van der Waals surface area contributed by atoms with Crippen molar-refractivity contribution in [1.82, 2.24) is 9.78 Å². The zero-order chi connectivity index (χ0) is 18.2. The van der Waals surface area contributed by atoms with Crippen LogP contribution in [0.2, 0.25) is 5.02 Å². The largest absolute Gasteiger partial charge is 0.378 e. The predicted molar refractivity (Wildman–Crippen MR) is 97.9 cm³/mol. The third-order valence-electron chi connectivity index (χ3n) is 5.19. The lowest BCUT2D eigenvalue weighted by atomic mass is 9.54. The summed E-state index contributed by atoms with van der Waals surface area (Å²) < 4.78 is 7.34. The second-order valence-electron chi connectivity index (χ2n) is 6.91. The van der Waals surface area contributed by atoms with Gasteiger partial charge in [0, 0.05) is 36.5 Å². The van der Waals surface area contributed by atoms with Gasteiger partial charge >= 0.3 is 0 Å². The number of aromatic nitrogens is 2. The highest BCUT2D eigenvalue weighted by Gasteiger charge is 2.62. The second kappa shape index (κ2) is 6.44. The number of anilines is 1.